The molecule has 4 N–H and O–H groups in total. The van der Waals surface area contributed by atoms with Gasteiger partial charge in [0.25, 0.3) is 5.91 Å². The monoisotopic (exact) mass is 416 g/mol. The van der Waals surface area contributed by atoms with Crippen LogP contribution in [0.1, 0.15) is 16.8 Å². The number of carbonyl (C=O) groups excluding carboxylic acids is 2. The molecule has 1 aromatic carbocycles. The predicted molar refractivity (Wildman–Crippen MR) is 115 cm³/mol. The van der Waals surface area contributed by atoms with Crippen LogP contribution in [0.3, 0.4) is 0 Å². The maximum atomic E-state index is 12.6. The number of nitrogens with zero attached hydrogens (tertiary/aromatic N) is 3. The molecule has 162 valence electrons. The van der Waals surface area contributed by atoms with Gasteiger partial charge in [0.05, 0.1) is 44.1 Å². The first kappa shape index (κ1) is 23.2. The fourth-order valence-corrected chi connectivity index (χ4v) is 2.39. The van der Waals surface area contributed by atoms with Crippen LogP contribution in [0.5, 0.6) is 0 Å². The van der Waals surface area contributed by atoms with E-state index in [1.54, 1.807) is 41.3 Å². The highest BCUT2D eigenvalue weighted by Crippen LogP contribution is 2.17. The number of carbonyl (C=O) groups is 2. The molecule has 0 aliphatic heterocycles. The highest BCUT2D eigenvalue weighted by Gasteiger charge is 2.14. The van der Waals surface area contributed by atoms with E-state index < -0.39 is 5.91 Å². The Kier molecular flexibility index (Phi) is 9.65. The smallest absolute Gasteiger partial charge is 0.258 e. The number of nitrogens with two attached hydrogens (primary N) is 1. The molecule has 0 radical (unpaired) electrons. The zero-order valence-corrected chi connectivity index (χ0v) is 17.3. The minimum absolute atomic E-state index is 0.157. The lowest BCUT2D eigenvalue weighted by molar-refractivity contribution is -0.117. The summed E-state index contributed by atoms with van der Waals surface area (Å²) in [6, 6.07) is 10.2. The molecule has 2 rings (SSSR count). The fraction of sp³-hybridized carbons (Fsp3) is 0.400. The van der Waals surface area contributed by atoms with E-state index in [1.807, 2.05) is 14.1 Å². The molecule has 1 aromatic heterocycles. The zero-order chi connectivity index (χ0) is 21.8. The molecule has 2 aromatic rings. The summed E-state index contributed by atoms with van der Waals surface area (Å²) >= 11 is 0. The molecule has 30 heavy (non-hydrogen) atoms. The molecule has 0 unspecified atom stereocenters. The van der Waals surface area contributed by atoms with Gasteiger partial charge in [-0.2, -0.15) is 0 Å². The molecule has 10 heteroatoms. The maximum absolute atomic E-state index is 12.6. The summed E-state index contributed by atoms with van der Waals surface area (Å²) in [5.41, 5.74) is 6.05. The zero-order valence-electron chi connectivity index (χ0n) is 17.3. The van der Waals surface area contributed by atoms with E-state index in [2.05, 4.69) is 20.8 Å². The van der Waals surface area contributed by atoms with Gasteiger partial charge in [-0.25, -0.2) is 0 Å². The standard InChI is InChI=1S/C20H28N6O4/c1-26(2)18-8-7-17(24-25-18)23-20(28)15-5-3-4-6-16(15)22-19(27)9-11-29-13-14-30-12-10-21/h3-8H,9-14,21H2,1-2H3,(H,22,27)(H,23,24,28). The summed E-state index contributed by atoms with van der Waals surface area (Å²) in [4.78, 5) is 26.6. The van der Waals surface area contributed by atoms with Crippen molar-refractivity contribution in [2.75, 3.05) is 62.6 Å². The highest BCUT2D eigenvalue weighted by atomic mass is 16.5. The topological polar surface area (TPSA) is 132 Å². The molecule has 0 atom stereocenters. The van der Waals surface area contributed by atoms with Crippen molar-refractivity contribution in [2.45, 2.75) is 6.42 Å². The van der Waals surface area contributed by atoms with Crippen molar-refractivity contribution >= 4 is 29.1 Å². The minimum atomic E-state index is -0.397. The molecule has 1 heterocycles. The summed E-state index contributed by atoms with van der Waals surface area (Å²) in [6.07, 6.45) is 0.157. The first-order valence-electron chi connectivity index (χ1n) is 9.58. The molecule has 0 bridgehead atoms. The Labute approximate surface area is 175 Å². The Morgan fingerprint density at radius 1 is 0.967 bits per heavy atom. The first-order chi connectivity index (χ1) is 14.5. The number of nitrogens with one attached hydrogen (secondary N) is 2. The molecule has 0 aliphatic rings. The van der Waals surface area contributed by atoms with Crippen molar-refractivity contribution in [2.24, 2.45) is 5.73 Å². The number of hydrogen-bond donors (Lipinski definition) is 3. The third kappa shape index (κ3) is 7.74. The van der Waals surface area contributed by atoms with Crippen LogP contribution < -0.4 is 21.3 Å². The van der Waals surface area contributed by atoms with Crippen LogP contribution in [0.4, 0.5) is 17.3 Å². The lowest BCUT2D eigenvalue weighted by atomic mass is 10.1. The number of para-hydroxylation sites is 1. The third-order valence-electron chi connectivity index (χ3n) is 3.90. The fourth-order valence-electron chi connectivity index (χ4n) is 2.39. The largest absolute Gasteiger partial charge is 0.379 e. The molecule has 0 aliphatic carbocycles. The van der Waals surface area contributed by atoms with Crippen LogP contribution in [0.2, 0.25) is 0 Å². The van der Waals surface area contributed by atoms with Gasteiger partial charge in [0.2, 0.25) is 5.91 Å². The van der Waals surface area contributed by atoms with Gasteiger partial charge >= 0.3 is 0 Å². The van der Waals surface area contributed by atoms with Gasteiger partial charge in [-0.15, -0.1) is 10.2 Å². The van der Waals surface area contributed by atoms with E-state index in [9.17, 15) is 9.59 Å². The first-order valence-corrected chi connectivity index (χ1v) is 9.58. The quantitative estimate of drug-likeness (QED) is 0.439. The number of rotatable bonds is 12. The van der Waals surface area contributed by atoms with E-state index in [0.717, 1.165) is 0 Å². The van der Waals surface area contributed by atoms with Crippen molar-refractivity contribution in [1.82, 2.24) is 10.2 Å². The van der Waals surface area contributed by atoms with Crippen LogP contribution in [0, 0.1) is 0 Å². The summed E-state index contributed by atoms with van der Waals surface area (Å²) < 4.78 is 10.5. The van der Waals surface area contributed by atoms with E-state index >= 15 is 0 Å². The van der Waals surface area contributed by atoms with E-state index in [-0.39, 0.29) is 18.9 Å². The summed E-state index contributed by atoms with van der Waals surface area (Å²) in [5, 5.41) is 13.4. The van der Waals surface area contributed by atoms with Gasteiger partial charge in [-0.3, -0.25) is 9.59 Å². The second kappa shape index (κ2) is 12.5. The normalized spacial score (nSPS) is 10.5. The molecule has 0 spiro atoms. The Bertz CT molecular complexity index is 813. The number of hydrogen-bond acceptors (Lipinski definition) is 8. The molecule has 0 fully saturated rings. The van der Waals surface area contributed by atoms with Gasteiger partial charge < -0.3 is 30.7 Å². The molecular weight excluding hydrogens is 388 g/mol. The van der Waals surface area contributed by atoms with Crippen LogP contribution in [-0.2, 0) is 14.3 Å². The number of ether oxygens (including phenoxy) is 2. The molecular formula is C20H28N6O4. The summed E-state index contributed by atoms with van der Waals surface area (Å²) in [6.45, 7) is 2.01. The minimum Gasteiger partial charge on any atom is -0.379 e. The van der Waals surface area contributed by atoms with Crippen LogP contribution in [-0.4, -0.2) is 69.1 Å². The van der Waals surface area contributed by atoms with Crippen LogP contribution in [0.25, 0.3) is 0 Å². The Morgan fingerprint density at radius 3 is 2.37 bits per heavy atom. The molecule has 2 amide bonds. The lowest BCUT2D eigenvalue weighted by Crippen LogP contribution is -2.20. The second-order valence-corrected chi connectivity index (χ2v) is 6.48. The number of aromatic nitrogens is 2. The third-order valence-corrected chi connectivity index (χ3v) is 3.90. The Hall–Kier alpha value is -3.08. The number of benzene rings is 1. The average Bonchev–Trinajstić information content (AvgIpc) is 2.74. The van der Waals surface area contributed by atoms with E-state index in [0.29, 0.717) is 49.3 Å². The average molecular weight is 416 g/mol. The highest BCUT2D eigenvalue weighted by molar-refractivity contribution is 6.09. The summed E-state index contributed by atoms with van der Waals surface area (Å²) in [5.74, 6) is 0.338. The Morgan fingerprint density at radius 2 is 1.70 bits per heavy atom. The predicted octanol–water partition coefficient (Wildman–Crippen LogP) is 1.12. The van der Waals surface area contributed by atoms with Crippen molar-refractivity contribution in [3.8, 4) is 0 Å². The van der Waals surface area contributed by atoms with Crippen molar-refractivity contribution in [1.29, 1.82) is 0 Å². The van der Waals surface area contributed by atoms with Crippen LogP contribution in [0.15, 0.2) is 36.4 Å². The van der Waals surface area contributed by atoms with Gasteiger partial charge in [-0.1, -0.05) is 12.1 Å². The van der Waals surface area contributed by atoms with Crippen molar-refractivity contribution in [3.05, 3.63) is 42.0 Å². The number of amides is 2. The lowest BCUT2D eigenvalue weighted by Gasteiger charge is -2.12. The van der Waals surface area contributed by atoms with Gasteiger partial charge in [-0.05, 0) is 24.3 Å². The van der Waals surface area contributed by atoms with Gasteiger partial charge in [0, 0.05) is 20.6 Å². The molecule has 0 saturated heterocycles. The molecule has 0 saturated carbocycles. The van der Waals surface area contributed by atoms with Crippen LogP contribution >= 0.6 is 0 Å². The second-order valence-electron chi connectivity index (χ2n) is 6.48. The molecule has 10 nitrogen and oxygen atoms in total. The summed E-state index contributed by atoms with van der Waals surface area (Å²) in [7, 11) is 3.70. The van der Waals surface area contributed by atoms with E-state index in [1.165, 1.54) is 0 Å². The Balaban J connectivity index is 1.87. The number of anilines is 3. The maximum Gasteiger partial charge on any atom is 0.258 e. The SMILES string of the molecule is CN(C)c1ccc(NC(=O)c2ccccc2NC(=O)CCOCCOCCN)nn1. The van der Waals surface area contributed by atoms with Gasteiger partial charge in [0.15, 0.2) is 11.6 Å². The van der Waals surface area contributed by atoms with E-state index in [4.69, 9.17) is 15.2 Å². The van der Waals surface area contributed by atoms with Gasteiger partial charge in [0.1, 0.15) is 0 Å². The van der Waals surface area contributed by atoms with Crippen molar-refractivity contribution < 1.29 is 19.1 Å². The van der Waals surface area contributed by atoms with Crippen molar-refractivity contribution in [3.63, 3.8) is 0 Å².